The third-order valence-electron chi connectivity index (χ3n) is 2.33. The minimum atomic E-state index is 0.119. The second-order valence-electron chi connectivity index (χ2n) is 3.34. The van der Waals surface area contributed by atoms with Crippen LogP contribution in [-0.2, 0) is 11.9 Å². The molecular weight excluding hydrogens is 260 g/mol. The van der Waals surface area contributed by atoms with Gasteiger partial charge in [0.25, 0.3) is 0 Å². The van der Waals surface area contributed by atoms with Gasteiger partial charge < -0.3 is 5.11 Å². The van der Waals surface area contributed by atoms with E-state index in [4.69, 9.17) is 5.11 Å². The number of thiophene rings is 1. The summed E-state index contributed by atoms with van der Waals surface area (Å²) in [7, 11) is 0. The number of rotatable bonds is 2. The van der Waals surface area contributed by atoms with E-state index in [9.17, 15) is 0 Å². The topological polar surface area (TPSA) is 20.2 Å². The Hall–Kier alpha value is -0.380. The highest BCUT2D eigenvalue weighted by Crippen LogP contribution is 2.31. The molecule has 0 spiro atoms. The Morgan fingerprint density at radius 1 is 1.43 bits per heavy atom. The van der Waals surface area contributed by atoms with Gasteiger partial charge in [0.2, 0.25) is 0 Å². The lowest BCUT2D eigenvalue weighted by atomic mass is 10.1. The normalized spacial score (nSPS) is 11.1. The van der Waals surface area contributed by atoms with Crippen LogP contribution in [0.5, 0.6) is 0 Å². The maximum Gasteiger partial charge on any atom is 0.0682 e. The van der Waals surface area contributed by atoms with Crippen LogP contribution in [0.3, 0.4) is 0 Å². The molecule has 0 aliphatic rings. The van der Waals surface area contributed by atoms with E-state index in [0.29, 0.717) is 0 Å². The maximum absolute atomic E-state index is 9.11. The van der Waals surface area contributed by atoms with Crippen LogP contribution in [0, 0.1) is 6.92 Å². The smallest absolute Gasteiger partial charge is 0.0682 e. The Morgan fingerprint density at radius 3 is 2.86 bits per heavy atom. The first-order chi connectivity index (χ1) is 6.76. The highest BCUT2D eigenvalue weighted by atomic mass is 79.9. The third kappa shape index (κ3) is 1.60. The zero-order valence-electron chi connectivity index (χ0n) is 7.88. The first-order valence-corrected chi connectivity index (χ1v) is 6.42. The van der Waals surface area contributed by atoms with E-state index in [1.165, 1.54) is 21.2 Å². The monoisotopic (exact) mass is 270 g/mol. The lowest BCUT2D eigenvalue weighted by molar-refractivity contribution is 0.282. The zero-order chi connectivity index (χ0) is 10.1. The summed E-state index contributed by atoms with van der Waals surface area (Å²) in [6.45, 7) is 2.21. The van der Waals surface area contributed by atoms with Crippen LogP contribution >= 0.6 is 27.3 Å². The summed E-state index contributed by atoms with van der Waals surface area (Å²) >= 11 is 5.25. The standard InChI is InChI=1S/C11H11BrOS/c1-7-2-8(5-13)3-10-9(4-12)6-14-11(7)10/h2-3,6,13H,4-5H2,1H3. The molecule has 1 N–H and O–H groups in total. The van der Waals surface area contributed by atoms with E-state index in [1.807, 2.05) is 0 Å². The number of aliphatic hydroxyl groups excluding tert-OH is 1. The Bertz CT molecular complexity index is 462. The van der Waals surface area contributed by atoms with Crippen LogP contribution in [0.25, 0.3) is 10.1 Å². The number of aliphatic hydroxyl groups is 1. The van der Waals surface area contributed by atoms with Gasteiger partial charge in [-0.15, -0.1) is 11.3 Å². The maximum atomic E-state index is 9.11. The van der Waals surface area contributed by atoms with Gasteiger partial charge in [-0.05, 0) is 40.4 Å². The molecule has 0 fully saturated rings. The van der Waals surface area contributed by atoms with Crippen molar-refractivity contribution in [3.8, 4) is 0 Å². The quantitative estimate of drug-likeness (QED) is 0.827. The second kappa shape index (κ2) is 4.01. The molecule has 0 unspecified atom stereocenters. The predicted octanol–water partition coefficient (Wildman–Crippen LogP) is 3.60. The van der Waals surface area contributed by atoms with Crippen molar-refractivity contribution in [3.63, 3.8) is 0 Å². The molecule has 0 radical (unpaired) electrons. The van der Waals surface area contributed by atoms with E-state index >= 15 is 0 Å². The molecule has 2 rings (SSSR count). The van der Waals surface area contributed by atoms with Crippen molar-refractivity contribution < 1.29 is 5.11 Å². The highest BCUT2D eigenvalue weighted by Gasteiger charge is 2.06. The number of benzene rings is 1. The van der Waals surface area contributed by atoms with E-state index in [-0.39, 0.29) is 6.61 Å². The zero-order valence-corrected chi connectivity index (χ0v) is 10.3. The van der Waals surface area contributed by atoms with Gasteiger partial charge in [-0.2, -0.15) is 0 Å². The summed E-state index contributed by atoms with van der Waals surface area (Å²) in [5.74, 6) is 0. The number of halogens is 1. The Labute approximate surface area is 95.5 Å². The molecule has 3 heteroatoms. The van der Waals surface area contributed by atoms with Crippen LogP contribution in [0.15, 0.2) is 17.5 Å². The molecule has 2 aromatic rings. The molecule has 14 heavy (non-hydrogen) atoms. The van der Waals surface area contributed by atoms with Crippen molar-refractivity contribution in [3.05, 3.63) is 34.2 Å². The molecule has 74 valence electrons. The molecule has 0 saturated heterocycles. The van der Waals surface area contributed by atoms with Gasteiger partial charge in [0, 0.05) is 10.0 Å². The summed E-state index contributed by atoms with van der Waals surface area (Å²) in [5, 5.41) is 13.4. The number of alkyl halides is 1. The fourth-order valence-corrected chi connectivity index (χ4v) is 3.34. The average molecular weight is 271 g/mol. The lowest BCUT2D eigenvalue weighted by Crippen LogP contribution is -1.85. The van der Waals surface area contributed by atoms with E-state index in [1.54, 1.807) is 11.3 Å². The molecule has 0 bridgehead atoms. The molecule has 1 heterocycles. The predicted molar refractivity (Wildman–Crippen MR) is 65.1 cm³/mol. The number of hydrogen-bond donors (Lipinski definition) is 1. The van der Waals surface area contributed by atoms with Crippen molar-refractivity contribution in [1.29, 1.82) is 0 Å². The van der Waals surface area contributed by atoms with Gasteiger partial charge in [0.05, 0.1) is 6.61 Å². The molecule has 0 aliphatic heterocycles. The van der Waals surface area contributed by atoms with Crippen molar-refractivity contribution in [2.24, 2.45) is 0 Å². The van der Waals surface area contributed by atoms with Crippen molar-refractivity contribution in [1.82, 2.24) is 0 Å². The molecule has 0 saturated carbocycles. The van der Waals surface area contributed by atoms with Gasteiger partial charge in [0.1, 0.15) is 0 Å². The first-order valence-electron chi connectivity index (χ1n) is 4.42. The Kier molecular flexibility index (Phi) is 2.91. The van der Waals surface area contributed by atoms with Crippen LogP contribution in [0.2, 0.25) is 0 Å². The van der Waals surface area contributed by atoms with Gasteiger partial charge in [-0.25, -0.2) is 0 Å². The summed E-state index contributed by atoms with van der Waals surface area (Å²) in [6, 6.07) is 4.13. The molecule has 1 nitrogen and oxygen atoms in total. The minimum Gasteiger partial charge on any atom is -0.392 e. The fraction of sp³-hybridized carbons (Fsp3) is 0.273. The first kappa shape index (κ1) is 10.1. The van der Waals surface area contributed by atoms with Crippen LogP contribution in [0.1, 0.15) is 16.7 Å². The number of aryl methyl sites for hydroxylation is 1. The van der Waals surface area contributed by atoms with Crippen molar-refractivity contribution in [2.45, 2.75) is 18.9 Å². The summed E-state index contributed by atoms with van der Waals surface area (Å²) < 4.78 is 1.33. The Balaban J connectivity index is 2.73. The molecular formula is C11H11BrOS. The Morgan fingerprint density at radius 2 is 2.21 bits per heavy atom. The number of hydrogen-bond acceptors (Lipinski definition) is 2. The van der Waals surface area contributed by atoms with Gasteiger partial charge >= 0.3 is 0 Å². The lowest BCUT2D eigenvalue weighted by Gasteiger charge is -2.01. The minimum absolute atomic E-state index is 0.119. The third-order valence-corrected chi connectivity index (χ3v) is 4.11. The average Bonchev–Trinajstić information content (AvgIpc) is 2.61. The van der Waals surface area contributed by atoms with Gasteiger partial charge in [0.15, 0.2) is 0 Å². The molecule has 1 aromatic heterocycles. The second-order valence-corrected chi connectivity index (χ2v) is 4.78. The van der Waals surface area contributed by atoms with Gasteiger partial charge in [-0.3, -0.25) is 0 Å². The fourth-order valence-electron chi connectivity index (χ4n) is 1.63. The largest absolute Gasteiger partial charge is 0.392 e. The SMILES string of the molecule is Cc1cc(CO)cc2c(CBr)csc12. The van der Waals surface area contributed by atoms with E-state index in [2.05, 4.69) is 40.4 Å². The van der Waals surface area contributed by atoms with Crippen molar-refractivity contribution in [2.75, 3.05) is 0 Å². The van der Waals surface area contributed by atoms with Crippen LogP contribution in [-0.4, -0.2) is 5.11 Å². The van der Waals surface area contributed by atoms with Crippen LogP contribution < -0.4 is 0 Å². The van der Waals surface area contributed by atoms with Crippen molar-refractivity contribution >= 4 is 37.4 Å². The summed E-state index contributed by atoms with van der Waals surface area (Å²) in [4.78, 5) is 0. The summed E-state index contributed by atoms with van der Waals surface area (Å²) in [6.07, 6.45) is 0. The molecule has 1 aromatic carbocycles. The molecule has 0 amide bonds. The van der Waals surface area contributed by atoms with Crippen LogP contribution in [0.4, 0.5) is 0 Å². The number of fused-ring (bicyclic) bond motifs is 1. The molecule has 0 atom stereocenters. The van der Waals surface area contributed by atoms with E-state index < -0.39 is 0 Å². The highest BCUT2D eigenvalue weighted by molar-refractivity contribution is 9.08. The van der Waals surface area contributed by atoms with E-state index in [0.717, 1.165) is 10.9 Å². The molecule has 0 aliphatic carbocycles. The van der Waals surface area contributed by atoms with Gasteiger partial charge in [-0.1, -0.05) is 22.0 Å². The summed E-state index contributed by atoms with van der Waals surface area (Å²) in [5.41, 5.74) is 3.56.